The summed E-state index contributed by atoms with van der Waals surface area (Å²) in [5.41, 5.74) is 3.65. The van der Waals surface area contributed by atoms with E-state index in [1.807, 2.05) is 72.4 Å². The maximum Gasteiger partial charge on any atom is 0.291 e. The zero-order valence-corrected chi connectivity index (χ0v) is 17.0. The van der Waals surface area contributed by atoms with Gasteiger partial charge in [-0.15, -0.1) is 11.8 Å². The molecule has 2 aromatic carbocycles. The Hall–Kier alpha value is -3.19. The van der Waals surface area contributed by atoms with Crippen LogP contribution in [0.25, 0.3) is 0 Å². The van der Waals surface area contributed by atoms with Crippen LogP contribution in [0.3, 0.4) is 0 Å². The number of anilines is 3. The summed E-state index contributed by atoms with van der Waals surface area (Å²) in [6.07, 6.45) is 1.46. The van der Waals surface area contributed by atoms with Crippen LogP contribution < -0.4 is 15.1 Å². The molecule has 0 aliphatic carbocycles. The van der Waals surface area contributed by atoms with Crippen LogP contribution in [-0.2, 0) is 4.79 Å². The van der Waals surface area contributed by atoms with Crippen molar-refractivity contribution in [3.05, 3.63) is 78.3 Å². The minimum Gasteiger partial charge on any atom is -0.459 e. The fraction of sp³-hybridized carbons (Fsp3) is 0.182. The van der Waals surface area contributed by atoms with Gasteiger partial charge in [0.05, 0.1) is 12.0 Å². The SMILES string of the molecule is CN(C)c1ccc(N2C(=O)CS[C@H]2c2ccc(NC(=O)c3ccco3)cc2)cc1. The van der Waals surface area contributed by atoms with Gasteiger partial charge in [0, 0.05) is 31.2 Å². The number of amides is 2. The first-order chi connectivity index (χ1) is 14.0. The molecule has 1 N–H and O–H groups in total. The van der Waals surface area contributed by atoms with E-state index in [0.717, 1.165) is 16.9 Å². The third kappa shape index (κ3) is 4.00. The number of nitrogens with one attached hydrogen (secondary N) is 1. The van der Waals surface area contributed by atoms with Gasteiger partial charge in [-0.2, -0.15) is 0 Å². The molecule has 7 heteroatoms. The summed E-state index contributed by atoms with van der Waals surface area (Å²) >= 11 is 1.60. The smallest absolute Gasteiger partial charge is 0.291 e. The molecule has 1 fully saturated rings. The highest BCUT2D eigenvalue weighted by Gasteiger charge is 2.34. The number of rotatable bonds is 5. The lowest BCUT2D eigenvalue weighted by Gasteiger charge is -2.25. The van der Waals surface area contributed by atoms with Crippen molar-refractivity contribution in [2.24, 2.45) is 0 Å². The maximum absolute atomic E-state index is 12.5. The highest BCUT2D eigenvalue weighted by molar-refractivity contribution is 8.00. The second-order valence-corrected chi connectivity index (χ2v) is 7.96. The van der Waals surface area contributed by atoms with Crippen LogP contribution in [0.4, 0.5) is 17.1 Å². The predicted octanol–water partition coefficient (Wildman–Crippen LogP) is 4.38. The lowest BCUT2D eigenvalue weighted by molar-refractivity contribution is -0.115. The molecule has 1 aromatic heterocycles. The molecule has 0 saturated carbocycles. The van der Waals surface area contributed by atoms with Gasteiger partial charge in [-0.1, -0.05) is 12.1 Å². The molecule has 3 aromatic rings. The fourth-order valence-electron chi connectivity index (χ4n) is 3.19. The lowest BCUT2D eigenvalue weighted by atomic mass is 10.1. The Kier molecular flexibility index (Phi) is 5.31. The summed E-state index contributed by atoms with van der Waals surface area (Å²) in [6.45, 7) is 0. The zero-order chi connectivity index (χ0) is 20.4. The van der Waals surface area contributed by atoms with Crippen LogP contribution in [0, 0.1) is 0 Å². The number of hydrogen-bond donors (Lipinski definition) is 1. The van der Waals surface area contributed by atoms with Gasteiger partial charge < -0.3 is 14.6 Å². The van der Waals surface area contributed by atoms with Crippen molar-refractivity contribution in [2.45, 2.75) is 5.37 Å². The molecule has 0 spiro atoms. The van der Waals surface area contributed by atoms with Gasteiger partial charge in [-0.3, -0.25) is 14.5 Å². The Morgan fingerprint density at radius 1 is 1.10 bits per heavy atom. The molecule has 2 heterocycles. The van der Waals surface area contributed by atoms with Gasteiger partial charge >= 0.3 is 0 Å². The number of nitrogens with zero attached hydrogens (tertiary/aromatic N) is 2. The first-order valence-electron chi connectivity index (χ1n) is 9.19. The maximum atomic E-state index is 12.5. The van der Waals surface area contributed by atoms with E-state index >= 15 is 0 Å². The van der Waals surface area contributed by atoms with E-state index in [9.17, 15) is 9.59 Å². The molecule has 1 aliphatic heterocycles. The van der Waals surface area contributed by atoms with Gasteiger partial charge in [0.25, 0.3) is 5.91 Å². The highest BCUT2D eigenvalue weighted by Crippen LogP contribution is 2.42. The van der Waals surface area contributed by atoms with E-state index < -0.39 is 0 Å². The molecule has 1 atom stereocenters. The average molecular weight is 407 g/mol. The van der Waals surface area contributed by atoms with Gasteiger partial charge in [0.1, 0.15) is 5.37 Å². The van der Waals surface area contributed by atoms with E-state index in [2.05, 4.69) is 5.32 Å². The number of thioether (sulfide) groups is 1. The quantitative estimate of drug-likeness (QED) is 0.680. The molecule has 29 heavy (non-hydrogen) atoms. The van der Waals surface area contributed by atoms with E-state index in [-0.39, 0.29) is 22.9 Å². The minimum absolute atomic E-state index is 0.0906. The standard InChI is InChI=1S/C22H21N3O3S/c1-24(2)17-9-11-18(12-10-17)25-20(26)14-29-22(25)15-5-7-16(8-6-15)23-21(27)19-4-3-13-28-19/h3-13,22H,14H2,1-2H3,(H,23,27)/t22-/m0/s1. The normalized spacial score (nSPS) is 16.1. The average Bonchev–Trinajstić information content (AvgIpc) is 3.39. The molecule has 0 radical (unpaired) electrons. The second-order valence-electron chi connectivity index (χ2n) is 6.89. The highest BCUT2D eigenvalue weighted by atomic mass is 32.2. The number of furan rings is 1. The van der Waals surface area contributed by atoms with Crippen LogP contribution in [0.2, 0.25) is 0 Å². The minimum atomic E-state index is -0.296. The summed E-state index contributed by atoms with van der Waals surface area (Å²) in [5, 5.41) is 2.71. The lowest BCUT2D eigenvalue weighted by Crippen LogP contribution is -2.27. The Bertz CT molecular complexity index is 999. The summed E-state index contributed by atoms with van der Waals surface area (Å²) < 4.78 is 5.11. The zero-order valence-electron chi connectivity index (χ0n) is 16.2. The third-order valence-electron chi connectivity index (χ3n) is 4.71. The van der Waals surface area contributed by atoms with E-state index in [1.54, 1.807) is 23.9 Å². The van der Waals surface area contributed by atoms with Crippen LogP contribution in [0.1, 0.15) is 21.5 Å². The summed E-state index contributed by atoms with van der Waals surface area (Å²) in [4.78, 5) is 28.5. The van der Waals surface area contributed by atoms with Crippen LogP contribution in [0.5, 0.6) is 0 Å². The molecule has 148 valence electrons. The molecule has 1 saturated heterocycles. The number of benzene rings is 2. The van der Waals surface area contributed by atoms with Gasteiger partial charge in [0.15, 0.2) is 5.76 Å². The first-order valence-corrected chi connectivity index (χ1v) is 10.2. The number of carbonyl (C=O) groups excluding carboxylic acids is 2. The van der Waals surface area contributed by atoms with Gasteiger partial charge in [-0.25, -0.2) is 0 Å². The molecule has 6 nitrogen and oxygen atoms in total. The Morgan fingerprint density at radius 2 is 1.83 bits per heavy atom. The Labute approximate surface area is 173 Å². The largest absolute Gasteiger partial charge is 0.459 e. The van der Waals surface area contributed by atoms with Crippen molar-refractivity contribution in [3.63, 3.8) is 0 Å². The van der Waals surface area contributed by atoms with Crippen molar-refractivity contribution in [2.75, 3.05) is 35.0 Å². The molecule has 0 bridgehead atoms. The fourth-order valence-corrected chi connectivity index (χ4v) is 4.37. The summed E-state index contributed by atoms with van der Waals surface area (Å²) in [7, 11) is 3.97. The van der Waals surface area contributed by atoms with Crippen LogP contribution >= 0.6 is 11.8 Å². The second kappa shape index (κ2) is 8.05. The number of hydrogen-bond acceptors (Lipinski definition) is 5. The molecular formula is C22H21N3O3S. The van der Waals surface area contributed by atoms with E-state index in [0.29, 0.717) is 11.4 Å². The first kappa shape index (κ1) is 19.1. The van der Waals surface area contributed by atoms with Crippen molar-refractivity contribution in [1.29, 1.82) is 0 Å². The molecule has 4 rings (SSSR count). The van der Waals surface area contributed by atoms with E-state index in [4.69, 9.17) is 4.42 Å². The van der Waals surface area contributed by atoms with Crippen molar-refractivity contribution >= 4 is 40.6 Å². The van der Waals surface area contributed by atoms with Crippen LogP contribution in [0.15, 0.2) is 71.3 Å². The van der Waals surface area contributed by atoms with Crippen molar-refractivity contribution < 1.29 is 14.0 Å². The molecule has 2 amide bonds. The predicted molar refractivity (Wildman–Crippen MR) is 117 cm³/mol. The summed E-state index contributed by atoms with van der Waals surface area (Å²) in [5.74, 6) is 0.499. The molecular weight excluding hydrogens is 386 g/mol. The molecule has 0 unspecified atom stereocenters. The van der Waals surface area contributed by atoms with Gasteiger partial charge in [0.2, 0.25) is 5.91 Å². The van der Waals surface area contributed by atoms with Crippen LogP contribution in [-0.4, -0.2) is 31.7 Å². The van der Waals surface area contributed by atoms with Crippen molar-refractivity contribution in [3.8, 4) is 0 Å². The van der Waals surface area contributed by atoms with E-state index in [1.165, 1.54) is 6.26 Å². The summed E-state index contributed by atoms with van der Waals surface area (Å²) in [6, 6.07) is 18.8. The molecule has 1 aliphatic rings. The Morgan fingerprint density at radius 3 is 2.45 bits per heavy atom. The number of carbonyl (C=O) groups is 2. The topological polar surface area (TPSA) is 65.8 Å². The monoisotopic (exact) mass is 407 g/mol. The Balaban J connectivity index is 1.52. The third-order valence-corrected chi connectivity index (χ3v) is 5.92. The van der Waals surface area contributed by atoms with Crippen molar-refractivity contribution in [1.82, 2.24) is 0 Å². The van der Waals surface area contributed by atoms with Gasteiger partial charge in [-0.05, 0) is 54.1 Å².